The summed E-state index contributed by atoms with van der Waals surface area (Å²) in [4.78, 5) is 16.4. The number of hydrogen-bond acceptors (Lipinski definition) is 3. The fraction of sp³-hybridized carbons (Fsp3) is 0.158. The molecule has 0 aliphatic carbocycles. The highest BCUT2D eigenvalue weighted by molar-refractivity contribution is 5.94. The molecule has 1 N–H and O–H groups in total. The minimum atomic E-state index is -0.108. The Hall–Kier alpha value is -3.08. The summed E-state index contributed by atoms with van der Waals surface area (Å²) in [7, 11) is 1.60. The number of carbonyl (C=O) groups is 1. The Morgan fingerprint density at radius 3 is 2.42 bits per heavy atom. The van der Waals surface area contributed by atoms with Crippen LogP contribution in [0.15, 0.2) is 67.3 Å². The molecule has 3 rings (SSSR count). The number of ether oxygens (including phenoxy) is 1. The third-order valence-electron chi connectivity index (χ3n) is 3.90. The number of aromatic nitrogens is 2. The quantitative estimate of drug-likeness (QED) is 0.784. The fourth-order valence-electron chi connectivity index (χ4n) is 2.45. The molecule has 5 nitrogen and oxygen atoms in total. The van der Waals surface area contributed by atoms with Crippen molar-refractivity contribution in [2.45, 2.75) is 13.0 Å². The van der Waals surface area contributed by atoms with E-state index in [0.717, 1.165) is 17.0 Å². The van der Waals surface area contributed by atoms with Crippen molar-refractivity contribution in [2.24, 2.45) is 0 Å². The highest BCUT2D eigenvalue weighted by atomic mass is 16.5. The number of imidazole rings is 1. The maximum absolute atomic E-state index is 12.3. The highest BCUT2D eigenvalue weighted by Crippen LogP contribution is 2.17. The summed E-state index contributed by atoms with van der Waals surface area (Å²) >= 11 is 0. The first-order valence-corrected chi connectivity index (χ1v) is 7.70. The molecular weight excluding hydrogens is 302 g/mol. The van der Waals surface area contributed by atoms with Gasteiger partial charge in [-0.25, -0.2) is 4.98 Å². The average Bonchev–Trinajstić information content (AvgIpc) is 3.16. The van der Waals surface area contributed by atoms with Crippen LogP contribution in [0.4, 0.5) is 0 Å². The average molecular weight is 321 g/mol. The molecule has 24 heavy (non-hydrogen) atoms. The lowest BCUT2D eigenvalue weighted by molar-refractivity contribution is 0.0940. The molecule has 0 spiro atoms. The Labute approximate surface area is 140 Å². The second-order valence-electron chi connectivity index (χ2n) is 5.49. The van der Waals surface area contributed by atoms with Crippen LogP contribution >= 0.6 is 0 Å². The van der Waals surface area contributed by atoms with E-state index in [4.69, 9.17) is 4.74 Å². The number of methoxy groups -OCH3 is 1. The maximum atomic E-state index is 12.3. The van der Waals surface area contributed by atoms with Gasteiger partial charge in [-0.05, 0) is 48.9 Å². The van der Waals surface area contributed by atoms with Gasteiger partial charge in [0.15, 0.2) is 0 Å². The molecule has 3 aromatic rings. The Bertz CT molecular complexity index is 794. The summed E-state index contributed by atoms with van der Waals surface area (Å²) in [5.41, 5.74) is 2.68. The Balaban J connectivity index is 1.67. The van der Waals surface area contributed by atoms with Gasteiger partial charge >= 0.3 is 0 Å². The second kappa shape index (κ2) is 7.00. The summed E-state index contributed by atoms with van der Waals surface area (Å²) in [6.45, 7) is 1.97. The van der Waals surface area contributed by atoms with Gasteiger partial charge in [-0.1, -0.05) is 12.1 Å². The largest absolute Gasteiger partial charge is 0.497 e. The van der Waals surface area contributed by atoms with Crippen molar-refractivity contribution in [1.29, 1.82) is 0 Å². The standard InChI is InChI=1S/C19H19N3O2/c1-14(21-19(23)16-5-9-18(24-2)10-6-16)15-3-7-17(8-4-15)22-12-11-20-13-22/h3-14H,1-2H3,(H,21,23)/t14-/m0/s1. The topological polar surface area (TPSA) is 56.1 Å². The molecule has 0 aliphatic heterocycles. The highest BCUT2D eigenvalue weighted by Gasteiger charge is 2.11. The molecule has 0 fully saturated rings. The third kappa shape index (κ3) is 3.46. The molecule has 1 atom stereocenters. The number of nitrogens with zero attached hydrogens (tertiary/aromatic N) is 2. The van der Waals surface area contributed by atoms with Gasteiger partial charge in [-0.3, -0.25) is 4.79 Å². The van der Waals surface area contributed by atoms with Crippen LogP contribution in [-0.2, 0) is 0 Å². The minimum Gasteiger partial charge on any atom is -0.497 e. The first-order chi connectivity index (χ1) is 11.7. The summed E-state index contributed by atoms with van der Waals surface area (Å²) in [5, 5.41) is 3.01. The van der Waals surface area contributed by atoms with Crippen LogP contribution in [0.1, 0.15) is 28.9 Å². The minimum absolute atomic E-state index is 0.0866. The number of benzene rings is 2. The summed E-state index contributed by atoms with van der Waals surface area (Å²) in [6, 6.07) is 15.0. The maximum Gasteiger partial charge on any atom is 0.251 e. The molecule has 2 aromatic carbocycles. The molecule has 0 aliphatic rings. The number of carbonyl (C=O) groups excluding carboxylic acids is 1. The lowest BCUT2D eigenvalue weighted by atomic mass is 10.1. The molecule has 1 heterocycles. The van der Waals surface area contributed by atoms with Gasteiger partial charge in [-0.15, -0.1) is 0 Å². The number of amides is 1. The van der Waals surface area contributed by atoms with E-state index < -0.39 is 0 Å². The zero-order valence-electron chi connectivity index (χ0n) is 13.6. The van der Waals surface area contributed by atoms with Crippen LogP contribution in [0.2, 0.25) is 0 Å². The van der Waals surface area contributed by atoms with Crippen molar-refractivity contribution in [3.63, 3.8) is 0 Å². The van der Waals surface area contributed by atoms with E-state index in [9.17, 15) is 4.79 Å². The van der Waals surface area contributed by atoms with Crippen molar-refractivity contribution in [3.05, 3.63) is 78.4 Å². The second-order valence-corrected chi connectivity index (χ2v) is 5.49. The van der Waals surface area contributed by atoms with E-state index in [2.05, 4.69) is 10.3 Å². The molecular formula is C19H19N3O2. The van der Waals surface area contributed by atoms with E-state index in [-0.39, 0.29) is 11.9 Å². The van der Waals surface area contributed by atoms with Gasteiger partial charge in [-0.2, -0.15) is 0 Å². The Morgan fingerprint density at radius 1 is 1.12 bits per heavy atom. The smallest absolute Gasteiger partial charge is 0.251 e. The Kier molecular flexibility index (Phi) is 4.61. The van der Waals surface area contributed by atoms with E-state index >= 15 is 0 Å². The van der Waals surface area contributed by atoms with Crippen molar-refractivity contribution >= 4 is 5.91 Å². The van der Waals surface area contributed by atoms with Crippen molar-refractivity contribution in [2.75, 3.05) is 7.11 Å². The molecule has 0 unspecified atom stereocenters. The number of hydrogen-bond donors (Lipinski definition) is 1. The Morgan fingerprint density at radius 2 is 1.83 bits per heavy atom. The van der Waals surface area contributed by atoms with Crippen molar-refractivity contribution < 1.29 is 9.53 Å². The van der Waals surface area contributed by atoms with Crippen molar-refractivity contribution in [1.82, 2.24) is 14.9 Å². The van der Waals surface area contributed by atoms with Gasteiger partial charge in [0.1, 0.15) is 5.75 Å². The van der Waals surface area contributed by atoms with Crippen LogP contribution in [0.5, 0.6) is 5.75 Å². The number of nitrogens with one attached hydrogen (secondary N) is 1. The molecule has 5 heteroatoms. The summed E-state index contributed by atoms with van der Waals surface area (Å²) < 4.78 is 7.04. The predicted molar refractivity (Wildman–Crippen MR) is 92.4 cm³/mol. The van der Waals surface area contributed by atoms with Crippen LogP contribution in [0.25, 0.3) is 5.69 Å². The lowest BCUT2D eigenvalue weighted by Crippen LogP contribution is -2.26. The third-order valence-corrected chi connectivity index (χ3v) is 3.90. The molecule has 1 aromatic heterocycles. The molecule has 0 saturated carbocycles. The monoisotopic (exact) mass is 321 g/mol. The van der Waals surface area contributed by atoms with Gasteiger partial charge in [0, 0.05) is 23.6 Å². The summed E-state index contributed by atoms with van der Waals surface area (Å²) in [5.74, 6) is 0.624. The van der Waals surface area contributed by atoms with Gasteiger partial charge < -0.3 is 14.6 Å². The van der Waals surface area contributed by atoms with Crippen LogP contribution in [0.3, 0.4) is 0 Å². The van der Waals surface area contributed by atoms with E-state index in [1.165, 1.54) is 0 Å². The zero-order chi connectivity index (χ0) is 16.9. The van der Waals surface area contributed by atoms with Crippen LogP contribution in [0, 0.1) is 0 Å². The van der Waals surface area contributed by atoms with E-state index in [0.29, 0.717) is 5.56 Å². The first kappa shape index (κ1) is 15.8. The molecule has 0 saturated heterocycles. The molecule has 1 amide bonds. The van der Waals surface area contributed by atoms with Crippen molar-refractivity contribution in [3.8, 4) is 11.4 Å². The molecule has 0 radical (unpaired) electrons. The zero-order valence-corrected chi connectivity index (χ0v) is 13.6. The lowest BCUT2D eigenvalue weighted by Gasteiger charge is -2.15. The summed E-state index contributed by atoms with van der Waals surface area (Å²) in [6.07, 6.45) is 5.39. The predicted octanol–water partition coefficient (Wildman–Crippen LogP) is 3.37. The first-order valence-electron chi connectivity index (χ1n) is 7.70. The number of rotatable bonds is 5. The van der Waals surface area contributed by atoms with Crippen LogP contribution < -0.4 is 10.1 Å². The van der Waals surface area contributed by atoms with Crippen LogP contribution in [-0.4, -0.2) is 22.6 Å². The SMILES string of the molecule is COc1ccc(C(=O)N[C@@H](C)c2ccc(-n3ccnc3)cc2)cc1. The van der Waals surface area contributed by atoms with E-state index in [1.54, 1.807) is 43.9 Å². The van der Waals surface area contributed by atoms with Gasteiger partial charge in [0.25, 0.3) is 5.91 Å². The fourth-order valence-corrected chi connectivity index (χ4v) is 2.45. The van der Waals surface area contributed by atoms with E-state index in [1.807, 2.05) is 42.0 Å². The molecule has 0 bridgehead atoms. The van der Waals surface area contributed by atoms with Gasteiger partial charge in [0.05, 0.1) is 19.5 Å². The normalized spacial score (nSPS) is 11.8. The van der Waals surface area contributed by atoms with Gasteiger partial charge in [0.2, 0.25) is 0 Å². The molecule has 122 valence electrons.